The monoisotopic (exact) mass is 344 g/mol. The Hall–Kier alpha value is -1.92. The quantitative estimate of drug-likeness (QED) is 0.679. The third-order valence-electron chi connectivity index (χ3n) is 4.83. The number of phenols is 1. The summed E-state index contributed by atoms with van der Waals surface area (Å²) in [5, 5.41) is 38.6. The zero-order valence-corrected chi connectivity index (χ0v) is 14.2. The molecule has 1 fully saturated rings. The largest absolute Gasteiger partial charge is 0.508 e. The van der Waals surface area contributed by atoms with E-state index in [2.05, 4.69) is 0 Å². The summed E-state index contributed by atoms with van der Waals surface area (Å²) >= 11 is 0. The maximum Gasteiger partial charge on any atom is 0.115 e. The van der Waals surface area contributed by atoms with E-state index in [1.807, 2.05) is 37.3 Å². The van der Waals surface area contributed by atoms with Gasteiger partial charge in [-0.3, -0.25) is 0 Å². The molecule has 3 rings (SSSR count). The van der Waals surface area contributed by atoms with Gasteiger partial charge in [0, 0.05) is 6.42 Å². The van der Waals surface area contributed by atoms with E-state index >= 15 is 0 Å². The van der Waals surface area contributed by atoms with Gasteiger partial charge >= 0.3 is 0 Å². The van der Waals surface area contributed by atoms with Gasteiger partial charge in [-0.05, 0) is 47.7 Å². The highest BCUT2D eigenvalue weighted by Crippen LogP contribution is 2.33. The van der Waals surface area contributed by atoms with Crippen molar-refractivity contribution in [3.63, 3.8) is 0 Å². The molecule has 4 N–H and O–H groups in total. The van der Waals surface area contributed by atoms with Crippen LogP contribution in [0.5, 0.6) is 5.75 Å². The summed E-state index contributed by atoms with van der Waals surface area (Å²) in [6, 6.07) is 13.1. The molecule has 1 aliphatic rings. The maximum atomic E-state index is 10.0. The number of rotatable bonds is 4. The molecule has 4 atom stereocenters. The number of phenolic OH excluding ortho intramolecular Hbond substituents is 1. The van der Waals surface area contributed by atoms with Crippen LogP contribution < -0.4 is 0 Å². The van der Waals surface area contributed by atoms with Crippen LogP contribution in [-0.2, 0) is 11.2 Å². The Balaban J connectivity index is 1.82. The predicted molar refractivity (Wildman–Crippen MR) is 93.4 cm³/mol. The highest BCUT2D eigenvalue weighted by molar-refractivity contribution is 5.37. The van der Waals surface area contributed by atoms with Gasteiger partial charge < -0.3 is 25.2 Å². The van der Waals surface area contributed by atoms with E-state index in [0.717, 1.165) is 28.7 Å². The number of aryl methyl sites for hydroxylation is 1. The van der Waals surface area contributed by atoms with Crippen LogP contribution in [0.4, 0.5) is 0 Å². The number of hydrogen-bond acceptors (Lipinski definition) is 5. The van der Waals surface area contributed by atoms with Crippen molar-refractivity contribution in [2.45, 2.75) is 44.2 Å². The van der Waals surface area contributed by atoms with Crippen LogP contribution in [0.25, 0.3) is 0 Å². The maximum absolute atomic E-state index is 10.0. The molecule has 2 aromatic rings. The van der Waals surface area contributed by atoms with Crippen LogP contribution in [0.3, 0.4) is 0 Å². The molecule has 25 heavy (non-hydrogen) atoms. The molecule has 134 valence electrons. The van der Waals surface area contributed by atoms with Gasteiger partial charge in [0.1, 0.15) is 18.0 Å². The van der Waals surface area contributed by atoms with E-state index in [0.29, 0.717) is 6.42 Å². The number of ether oxygens (including phenoxy) is 1. The molecule has 2 aromatic carbocycles. The number of benzene rings is 2. The minimum absolute atomic E-state index is 0.243. The van der Waals surface area contributed by atoms with Crippen molar-refractivity contribution in [1.82, 2.24) is 0 Å². The van der Waals surface area contributed by atoms with Gasteiger partial charge in [0.05, 0.1) is 18.8 Å². The van der Waals surface area contributed by atoms with Crippen LogP contribution in [0.15, 0.2) is 42.5 Å². The molecular weight excluding hydrogens is 320 g/mol. The lowest BCUT2D eigenvalue weighted by atomic mass is 9.91. The number of aromatic hydroxyl groups is 1. The lowest BCUT2D eigenvalue weighted by Gasteiger charge is -2.36. The first-order chi connectivity index (χ1) is 12.0. The third kappa shape index (κ3) is 4.02. The average molecular weight is 344 g/mol. The first-order valence-corrected chi connectivity index (χ1v) is 8.47. The summed E-state index contributed by atoms with van der Waals surface area (Å²) in [5.74, 6) is 0.243. The van der Waals surface area contributed by atoms with Crippen LogP contribution in [0.1, 0.15) is 34.8 Å². The predicted octanol–water partition coefficient (Wildman–Crippen LogP) is 1.84. The fourth-order valence-electron chi connectivity index (χ4n) is 3.24. The molecule has 3 unspecified atom stereocenters. The molecule has 0 radical (unpaired) electrons. The van der Waals surface area contributed by atoms with Crippen LogP contribution in [0.2, 0.25) is 0 Å². The molecule has 5 nitrogen and oxygen atoms in total. The first-order valence-electron chi connectivity index (χ1n) is 8.47. The SMILES string of the molecule is Cc1ccc(C2CC(O)[C@H](O)C(CO)O2)cc1Cc1ccc(O)cc1. The Morgan fingerprint density at radius 3 is 2.48 bits per heavy atom. The third-order valence-corrected chi connectivity index (χ3v) is 4.83. The summed E-state index contributed by atoms with van der Waals surface area (Å²) < 4.78 is 5.77. The van der Waals surface area contributed by atoms with Crippen molar-refractivity contribution >= 4 is 0 Å². The molecular formula is C20H24O5. The molecule has 0 aromatic heterocycles. The highest BCUT2D eigenvalue weighted by atomic mass is 16.5. The molecule has 0 spiro atoms. The fourth-order valence-corrected chi connectivity index (χ4v) is 3.24. The van der Waals surface area contributed by atoms with Crippen molar-refractivity contribution in [2.24, 2.45) is 0 Å². The summed E-state index contributed by atoms with van der Waals surface area (Å²) in [4.78, 5) is 0. The van der Waals surface area contributed by atoms with Crippen LogP contribution in [-0.4, -0.2) is 45.3 Å². The van der Waals surface area contributed by atoms with Gasteiger partial charge in [-0.25, -0.2) is 0 Å². The second-order valence-corrected chi connectivity index (χ2v) is 6.67. The van der Waals surface area contributed by atoms with Crippen LogP contribution in [0, 0.1) is 6.92 Å². The Morgan fingerprint density at radius 1 is 1.08 bits per heavy atom. The van der Waals surface area contributed by atoms with E-state index in [-0.39, 0.29) is 18.5 Å². The lowest BCUT2D eigenvalue weighted by Crippen LogP contribution is -2.47. The van der Waals surface area contributed by atoms with Crippen molar-refractivity contribution in [3.8, 4) is 5.75 Å². The Morgan fingerprint density at radius 2 is 1.80 bits per heavy atom. The molecule has 1 aliphatic heterocycles. The normalized spacial score (nSPS) is 26.6. The molecule has 1 saturated heterocycles. The molecule has 0 saturated carbocycles. The van der Waals surface area contributed by atoms with Gasteiger partial charge in [-0.15, -0.1) is 0 Å². The molecule has 0 bridgehead atoms. The Labute approximate surface area is 147 Å². The van der Waals surface area contributed by atoms with E-state index in [9.17, 15) is 20.4 Å². The molecule has 0 aliphatic carbocycles. The minimum atomic E-state index is -1.07. The van der Waals surface area contributed by atoms with E-state index in [1.165, 1.54) is 0 Å². The Bertz CT molecular complexity index is 713. The number of aliphatic hydroxyl groups is 3. The summed E-state index contributed by atoms with van der Waals surface area (Å²) in [5.41, 5.74) is 4.29. The van der Waals surface area contributed by atoms with E-state index in [1.54, 1.807) is 12.1 Å². The Kier molecular flexibility index (Phi) is 5.39. The minimum Gasteiger partial charge on any atom is -0.508 e. The zero-order chi connectivity index (χ0) is 18.0. The van der Waals surface area contributed by atoms with E-state index in [4.69, 9.17) is 4.74 Å². The van der Waals surface area contributed by atoms with Gasteiger partial charge in [-0.2, -0.15) is 0 Å². The topological polar surface area (TPSA) is 90.2 Å². The van der Waals surface area contributed by atoms with Crippen molar-refractivity contribution < 1.29 is 25.2 Å². The van der Waals surface area contributed by atoms with Gasteiger partial charge in [0.2, 0.25) is 0 Å². The summed E-state index contributed by atoms with van der Waals surface area (Å²) in [7, 11) is 0. The standard InChI is InChI=1S/C20H24O5/c1-12-2-5-14(18-10-17(23)20(24)19(11-21)25-18)9-15(12)8-13-3-6-16(22)7-4-13/h2-7,9,17-24H,8,10-11H2,1H3/t17?,18?,19?,20-/m0/s1. The van der Waals surface area contributed by atoms with Gasteiger partial charge in [0.15, 0.2) is 0 Å². The van der Waals surface area contributed by atoms with Gasteiger partial charge in [0.25, 0.3) is 0 Å². The molecule has 5 heteroatoms. The second-order valence-electron chi connectivity index (χ2n) is 6.67. The number of hydrogen-bond donors (Lipinski definition) is 4. The van der Waals surface area contributed by atoms with Crippen molar-refractivity contribution in [2.75, 3.05) is 6.61 Å². The van der Waals surface area contributed by atoms with E-state index < -0.39 is 18.3 Å². The average Bonchev–Trinajstić information content (AvgIpc) is 2.61. The lowest BCUT2D eigenvalue weighted by molar-refractivity contribution is -0.181. The fraction of sp³-hybridized carbons (Fsp3) is 0.400. The highest BCUT2D eigenvalue weighted by Gasteiger charge is 2.36. The summed E-state index contributed by atoms with van der Waals surface area (Å²) in [6.45, 7) is 1.71. The first kappa shape index (κ1) is 17.9. The molecule has 1 heterocycles. The second kappa shape index (κ2) is 7.54. The zero-order valence-electron chi connectivity index (χ0n) is 14.2. The smallest absolute Gasteiger partial charge is 0.115 e. The van der Waals surface area contributed by atoms with Crippen molar-refractivity contribution in [1.29, 1.82) is 0 Å². The van der Waals surface area contributed by atoms with Crippen LogP contribution >= 0.6 is 0 Å². The summed E-state index contributed by atoms with van der Waals surface area (Å²) in [6.07, 6.45) is -2.12. The molecule has 0 amide bonds. The van der Waals surface area contributed by atoms with Crippen molar-refractivity contribution in [3.05, 3.63) is 64.7 Å². The van der Waals surface area contributed by atoms with Gasteiger partial charge in [-0.1, -0.05) is 30.3 Å². The number of aliphatic hydroxyl groups excluding tert-OH is 3.